The SMILES string of the molecule is CCNC(=NCc1ccc(COCC(F)(F)F)cc1)Nc1ccc(OC)c(OC)c1. The van der Waals surface area contributed by atoms with Gasteiger partial charge in [-0.2, -0.15) is 13.2 Å². The topological polar surface area (TPSA) is 64.1 Å². The fourth-order valence-corrected chi connectivity index (χ4v) is 2.55. The van der Waals surface area contributed by atoms with E-state index in [1.165, 1.54) is 0 Å². The lowest BCUT2D eigenvalue weighted by molar-refractivity contribution is -0.176. The van der Waals surface area contributed by atoms with Crippen LogP contribution >= 0.6 is 0 Å². The molecule has 0 aromatic heterocycles. The van der Waals surface area contributed by atoms with Crippen LogP contribution in [-0.4, -0.2) is 39.5 Å². The second-order valence-electron chi connectivity index (χ2n) is 6.31. The van der Waals surface area contributed by atoms with Gasteiger partial charge < -0.3 is 24.8 Å². The van der Waals surface area contributed by atoms with Crippen molar-refractivity contribution in [3.63, 3.8) is 0 Å². The third-order valence-electron chi connectivity index (χ3n) is 3.97. The van der Waals surface area contributed by atoms with Crippen molar-refractivity contribution >= 4 is 11.6 Å². The molecule has 0 amide bonds. The highest BCUT2D eigenvalue weighted by molar-refractivity contribution is 5.93. The van der Waals surface area contributed by atoms with Crippen LogP contribution in [0.2, 0.25) is 0 Å². The van der Waals surface area contributed by atoms with E-state index in [-0.39, 0.29) is 6.61 Å². The molecule has 0 saturated carbocycles. The first kappa shape index (κ1) is 23.3. The van der Waals surface area contributed by atoms with E-state index in [9.17, 15) is 13.2 Å². The third kappa shape index (κ3) is 7.82. The Hall–Kier alpha value is -2.94. The molecule has 0 heterocycles. The van der Waals surface area contributed by atoms with Crippen molar-refractivity contribution < 1.29 is 27.4 Å². The fraction of sp³-hybridized carbons (Fsp3) is 0.381. The number of hydrogen-bond donors (Lipinski definition) is 2. The number of halogens is 3. The predicted molar refractivity (Wildman–Crippen MR) is 110 cm³/mol. The Morgan fingerprint density at radius 3 is 2.23 bits per heavy atom. The molecule has 164 valence electrons. The lowest BCUT2D eigenvalue weighted by Gasteiger charge is -2.14. The Morgan fingerprint density at radius 1 is 0.967 bits per heavy atom. The van der Waals surface area contributed by atoms with E-state index in [0.29, 0.717) is 36.1 Å². The summed E-state index contributed by atoms with van der Waals surface area (Å²) in [6.07, 6.45) is -4.32. The van der Waals surface area contributed by atoms with Gasteiger partial charge in [0.15, 0.2) is 17.5 Å². The van der Waals surface area contributed by atoms with Crippen LogP contribution in [0.4, 0.5) is 18.9 Å². The summed E-state index contributed by atoms with van der Waals surface area (Å²) >= 11 is 0. The van der Waals surface area contributed by atoms with Crippen molar-refractivity contribution in [3.8, 4) is 11.5 Å². The quantitative estimate of drug-likeness (QED) is 0.462. The molecule has 0 aliphatic rings. The Bertz CT molecular complexity index is 824. The molecule has 2 N–H and O–H groups in total. The summed E-state index contributed by atoms with van der Waals surface area (Å²) < 4.78 is 51.6. The van der Waals surface area contributed by atoms with Gasteiger partial charge in [-0.05, 0) is 30.2 Å². The lowest BCUT2D eigenvalue weighted by Crippen LogP contribution is -2.30. The van der Waals surface area contributed by atoms with Gasteiger partial charge in [0.05, 0.1) is 27.4 Å². The zero-order valence-corrected chi connectivity index (χ0v) is 17.2. The second kappa shape index (κ2) is 11.3. The number of aliphatic imine (C=N–C) groups is 1. The molecule has 0 spiro atoms. The summed E-state index contributed by atoms with van der Waals surface area (Å²) in [6.45, 7) is 1.68. The maximum Gasteiger partial charge on any atom is 0.411 e. The Morgan fingerprint density at radius 2 is 1.63 bits per heavy atom. The average Bonchev–Trinajstić information content (AvgIpc) is 2.72. The lowest BCUT2D eigenvalue weighted by atomic mass is 10.1. The average molecular weight is 425 g/mol. The van der Waals surface area contributed by atoms with Crippen molar-refractivity contribution in [3.05, 3.63) is 53.6 Å². The summed E-state index contributed by atoms with van der Waals surface area (Å²) in [6, 6.07) is 12.5. The van der Waals surface area contributed by atoms with Gasteiger partial charge in [-0.3, -0.25) is 0 Å². The Labute approximate surface area is 174 Å². The highest BCUT2D eigenvalue weighted by Gasteiger charge is 2.27. The second-order valence-corrected chi connectivity index (χ2v) is 6.31. The van der Waals surface area contributed by atoms with Crippen LogP contribution in [0.15, 0.2) is 47.5 Å². The molecule has 2 rings (SSSR count). The fourth-order valence-electron chi connectivity index (χ4n) is 2.55. The molecule has 30 heavy (non-hydrogen) atoms. The van der Waals surface area contributed by atoms with Crippen molar-refractivity contribution in [1.82, 2.24) is 5.32 Å². The first-order valence-corrected chi connectivity index (χ1v) is 9.34. The normalized spacial score (nSPS) is 11.9. The van der Waals surface area contributed by atoms with Crippen molar-refractivity contribution in [1.29, 1.82) is 0 Å². The van der Waals surface area contributed by atoms with E-state index >= 15 is 0 Å². The minimum atomic E-state index is -4.32. The van der Waals surface area contributed by atoms with Crippen LogP contribution in [0.1, 0.15) is 18.1 Å². The molecule has 0 aliphatic heterocycles. The number of rotatable bonds is 9. The van der Waals surface area contributed by atoms with E-state index in [2.05, 4.69) is 20.4 Å². The van der Waals surface area contributed by atoms with Gasteiger partial charge in [0.1, 0.15) is 6.61 Å². The number of alkyl halides is 3. The number of methoxy groups -OCH3 is 2. The number of anilines is 1. The zero-order valence-electron chi connectivity index (χ0n) is 17.2. The highest BCUT2D eigenvalue weighted by atomic mass is 19.4. The van der Waals surface area contributed by atoms with Crippen LogP contribution in [-0.2, 0) is 17.9 Å². The minimum absolute atomic E-state index is 0.0907. The first-order valence-electron chi connectivity index (χ1n) is 9.34. The van der Waals surface area contributed by atoms with Crippen molar-refractivity contribution in [2.24, 2.45) is 4.99 Å². The summed E-state index contributed by atoms with van der Waals surface area (Å²) in [7, 11) is 3.14. The summed E-state index contributed by atoms with van der Waals surface area (Å²) in [5, 5.41) is 6.37. The smallest absolute Gasteiger partial charge is 0.411 e. The number of hydrogen-bond acceptors (Lipinski definition) is 4. The summed E-state index contributed by atoms with van der Waals surface area (Å²) in [5.74, 6) is 1.81. The summed E-state index contributed by atoms with van der Waals surface area (Å²) in [5.41, 5.74) is 2.37. The molecule has 9 heteroatoms. The van der Waals surface area contributed by atoms with Gasteiger partial charge in [-0.25, -0.2) is 4.99 Å². The number of guanidine groups is 1. The standard InChI is InChI=1S/C21H26F3N3O3/c1-4-25-20(27-17-9-10-18(28-2)19(11-17)29-3)26-12-15-5-7-16(8-6-15)13-30-14-21(22,23)24/h5-11H,4,12-14H2,1-3H3,(H2,25,26,27). The molecule has 0 bridgehead atoms. The molecule has 0 fully saturated rings. The van der Waals surface area contributed by atoms with Gasteiger partial charge in [-0.1, -0.05) is 24.3 Å². The molecular weight excluding hydrogens is 399 g/mol. The zero-order chi connectivity index (χ0) is 22.0. The van der Waals surface area contributed by atoms with Crippen LogP contribution in [0.3, 0.4) is 0 Å². The largest absolute Gasteiger partial charge is 0.493 e. The molecular formula is C21H26F3N3O3. The highest BCUT2D eigenvalue weighted by Crippen LogP contribution is 2.29. The van der Waals surface area contributed by atoms with Crippen LogP contribution in [0.25, 0.3) is 0 Å². The van der Waals surface area contributed by atoms with E-state index in [4.69, 9.17) is 9.47 Å². The van der Waals surface area contributed by atoms with Gasteiger partial charge in [0.2, 0.25) is 0 Å². The maximum atomic E-state index is 12.1. The minimum Gasteiger partial charge on any atom is -0.493 e. The van der Waals surface area contributed by atoms with Gasteiger partial charge >= 0.3 is 6.18 Å². The number of nitrogens with zero attached hydrogens (tertiary/aromatic N) is 1. The molecule has 2 aromatic rings. The van der Waals surface area contributed by atoms with E-state index in [0.717, 1.165) is 11.3 Å². The number of benzene rings is 2. The molecule has 0 aliphatic carbocycles. The van der Waals surface area contributed by atoms with Gasteiger partial charge in [0.25, 0.3) is 0 Å². The molecule has 2 aromatic carbocycles. The number of ether oxygens (including phenoxy) is 3. The number of nitrogens with one attached hydrogen (secondary N) is 2. The van der Waals surface area contributed by atoms with Crippen molar-refractivity contribution in [2.75, 3.05) is 32.7 Å². The monoisotopic (exact) mass is 425 g/mol. The molecule has 0 radical (unpaired) electrons. The first-order chi connectivity index (χ1) is 14.3. The van der Waals surface area contributed by atoms with E-state index in [1.54, 1.807) is 38.5 Å². The Kier molecular flexibility index (Phi) is 8.79. The van der Waals surface area contributed by atoms with Gasteiger partial charge in [0, 0.05) is 18.3 Å². The van der Waals surface area contributed by atoms with E-state index in [1.807, 2.05) is 25.1 Å². The van der Waals surface area contributed by atoms with E-state index < -0.39 is 12.8 Å². The molecule has 0 saturated heterocycles. The van der Waals surface area contributed by atoms with Crippen molar-refractivity contribution in [2.45, 2.75) is 26.3 Å². The predicted octanol–water partition coefficient (Wildman–Crippen LogP) is 4.36. The third-order valence-corrected chi connectivity index (χ3v) is 3.97. The summed E-state index contributed by atoms with van der Waals surface area (Å²) in [4.78, 5) is 4.54. The molecule has 6 nitrogen and oxygen atoms in total. The van der Waals surface area contributed by atoms with Crippen LogP contribution in [0.5, 0.6) is 11.5 Å². The molecule has 0 atom stereocenters. The van der Waals surface area contributed by atoms with Crippen LogP contribution < -0.4 is 20.1 Å². The van der Waals surface area contributed by atoms with Gasteiger partial charge in [-0.15, -0.1) is 0 Å². The molecule has 0 unspecified atom stereocenters. The maximum absolute atomic E-state index is 12.1. The Balaban J connectivity index is 1.99. The van der Waals surface area contributed by atoms with Crippen LogP contribution in [0, 0.1) is 0 Å².